The van der Waals surface area contributed by atoms with Crippen LogP contribution in [-0.4, -0.2) is 4.98 Å². The number of thiophene rings is 1. The molecule has 0 radical (unpaired) electrons. The minimum atomic E-state index is 0.641. The minimum absolute atomic E-state index is 0.641. The van der Waals surface area contributed by atoms with Crippen molar-refractivity contribution in [2.75, 3.05) is 0 Å². The lowest BCUT2D eigenvalue weighted by molar-refractivity contribution is 0.623. The SMILES string of the molecule is c1ccc(-c2nc3ccc4ccc5ccc(-c6c7ccccc7c(-c7ccc8c(c7)sc7ccccc78)c7ccccc67)cc5c4c3o2)cc1. The number of hydrogen-bond acceptors (Lipinski definition) is 3. The lowest BCUT2D eigenvalue weighted by Gasteiger charge is -2.18. The molecule has 0 N–H and O–H groups in total. The Bertz CT molecular complexity index is 3090. The normalized spacial score (nSPS) is 12.0. The first-order valence-electron chi connectivity index (χ1n) is 17.0. The molecule has 0 aliphatic rings. The van der Waals surface area contributed by atoms with Crippen LogP contribution in [0.5, 0.6) is 0 Å². The monoisotopic (exact) mass is 653 g/mol. The van der Waals surface area contributed by atoms with Gasteiger partial charge in [-0.1, -0.05) is 127 Å². The third-order valence-electron chi connectivity index (χ3n) is 10.3. The number of aromatic nitrogens is 1. The second-order valence-corrected chi connectivity index (χ2v) is 14.1. The second-order valence-electron chi connectivity index (χ2n) is 13.0. The van der Waals surface area contributed by atoms with Gasteiger partial charge in [-0.25, -0.2) is 4.98 Å². The summed E-state index contributed by atoms with van der Waals surface area (Å²) in [6.07, 6.45) is 0. The molecule has 0 fully saturated rings. The van der Waals surface area contributed by atoms with Gasteiger partial charge < -0.3 is 4.42 Å². The van der Waals surface area contributed by atoms with E-state index in [2.05, 4.69) is 133 Å². The van der Waals surface area contributed by atoms with Gasteiger partial charge in [-0.2, -0.15) is 0 Å². The number of nitrogens with zero attached hydrogens (tertiary/aromatic N) is 1. The van der Waals surface area contributed by atoms with E-state index in [1.165, 1.54) is 69.4 Å². The summed E-state index contributed by atoms with van der Waals surface area (Å²) in [5.41, 5.74) is 7.62. The van der Waals surface area contributed by atoms with Gasteiger partial charge in [0.05, 0.1) is 0 Å². The maximum atomic E-state index is 6.57. The summed E-state index contributed by atoms with van der Waals surface area (Å²) in [5, 5.41) is 12.2. The average molecular weight is 654 g/mol. The molecule has 0 aliphatic heterocycles. The van der Waals surface area contributed by atoms with Gasteiger partial charge in [0.2, 0.25) is 5.89 Å². The molecule has 0 amide bonds. The zero-order valence-corrected chi connectivity index (χ0v) is 27.7. The van der Waals surface area contributed by atoms with Crippen molar-refractivity contribution in [3.05, 3.63) is 164 Å². The van der Waals surface area contributed by atoms with Crippen molar-refractivity contribution in [3.8, 4) is 33.7 Å². The number of benzene rings is 9. The summed E-state index contributed by atoms with van der Waals surface area (Å²) in [6, 6.07) is 59.2. The smallest absolute Gasteiger partial charge is 0.227 e. The van der Waals surface area contributed by atoms with Crippen LogP contribution in [0.25, 0.3) is 108 Å². The summed E-state index contributed by atoms with van der Waals surface area (Å²) in [6.45, 7) is 0. The number of hydrogen-bond donors (Lipinski definition) is 0. The Hall–Kier alpha value is -6.29. The van der Waals surface area contributed by atoms with Crippen LogP contribution in [0.15, 0.2) is 168 Å². The molecule has 232 valence electrons. The van der Waals surface area contributed by atoms with Crippen molar-refractivity contribution in [2.45, 2.75) is 0 Å². The lowest BCUT2D eigenvalue weighted by Crippen LogP contribution is -1.91. The highest BCUT2D eigenvalue weighted by molar-refractivity contribution is 7.25. The van der Waals surface area contributed by atoms with E-state index >= 15 is 0 Å². The van der Waals surface area contributed by atoms with Crippen molar-refractivity contribution in [2.24, 2.45) is 0 Å². The zero-order valence-electron chi connectivity index (χ0n) is 26.9. The van der Waals surface area contributed by atoms with E-state index in [9.17, 15) is 0 Å². The van der Waals surface area contributed by atoms with E-state index in [0.29, 0.717) is 5.89 Å². The van der Waals surface area contributed by atoms with Gasteiger partial charge in [0.25, 0.3) is 0 Å². The highest BCUT2D eigenvalue weighted by Gasteiger charge is 2.19. The minimum Gasteiger partial charge on any atom is -0.435 e. The van der Waals surface area contributed by atoms with E-state index in [0.717, 1.165) is 32.8 Å². The van der Waals surface area contributed by atoms with Gasteiger partial charge in [-0.15, -0.1) is 11.3 Å². The van der Waals surface area contributed by atoms with Crippen molar-refractivity contribution >= 4 is 85.7 Å². The molecule has 11 rings (SSSR count). The zero-order chi connectivity index (χ0) is 32.8. The Balaban J connectivity index is 1.18. The van der Waals surface area contributed by atoms with E-state index in [1.54, 1.807) is 0 Å². The third-order valence-corrected chi connectivity index (χ3v) is 11.4. The standard InChI is InChI=1S/C47H27NOS/c1-2-10-30(11-3-1)47-48-40-25-23-29-20-18-28-19-21-31(26-39(28)45(29)46(40)49-47)43-35-13-4-6-15-37(35)44(38-16-7-5-14-36(38)43)32-22-24-34-33-12-8-9-17-41(33)50-42(34)27-32/h1-27H. The topological polar surface area (TPSA) is 26.0 Å². The third kappa shape index (κ3) is 4.05. The molecule has 50 heavy (non-hydrogen) atoms. The molecule has 2 heterocycles. The van der Waals surface area contributed by atoms with Gasteiger partial charge in [-0.3, -0.25) is 0 Å². The first kappa shape index (κ1) is 27.6. The van der Waals surface area contributed by atoms with Crippen LogP contribution in [0.4, 0.5) is 0 Å². The molecule has 0 saturated carbocycles. The van der Waals surface area contributed by atoms with Crippen molar-refractivity contribution in [1.29, 1.82) is 0 Å². The molecule has 3 heteroatoms. The second kappa shape index (κ2) is 10.6. The fourth-order valence-electron chi connectivity index (χ4n) is 8.01. The Morgan fingerprint density at radius 2 is 0.960 bits per heavy atom. The molecule has 0 aliphatic carbocycles. The van der Waals surface area contributed by atoms with Gasteiger partial charge in [0, 0.05) is 31.1 Å². The number of oxazole rings is 1. The van der Waals surface area contributed by atoms with Crippen molar-refractivity contribution in [3.63, 3.8) is 0 Å². The van der Waals surface area contributed by atoms with Gasteiger partial charge >= 0.3 is 0 Å². The summed E-state index contributed by atoms with van der Waals surface area (Å²) < 4.78 is 9.21. The highest BCUT2D eigenvalue weighted by atomic mass is 32.1. The predicted octanol–water partition coefficient (Wildman–Crippen LogP) is 13.8. The Kier molecular flexibility index (Phi) is 5.86. The fourth-order valence-corrected chi connectivity index (χ4v) is 9.16. The summed E-state index contributed by atoms with van der Waals surface area (Å²) in [5.74, 6) is 0.641. The molecule has 0 saturated heterocycles. The Morgan fingerprint density at radius 3 is 1.70 bits per heavy atom. The van der Waals surface area contributed by atoms with Crippen LogP contribution in [0.2, 0.25) is 0 Å². The fraction of sp³-hybridized carbons (Fsp3) is 0. The first-order valence-corrected chi connectivity index (χ1v) is 17.8. The molecular weight excluding hydrogens is 627 g/mol. The van der Waals surface area contributed by atoms with Crippen LogP contribution >= 0.6 is 11.3 Å². The largest absolute Gasteiger partial charge is 0.435 e. The quantitative estimate of drug-likeness (QED) is 0.140. The van der Waals surface area contributed by atoms with Crippen molar-refractivity contribution in [1.82, 2.24) is 4.98 Å². The molecular formula is C47H27NOS. The van der Waals surface area contributed by atoms with Crippen molar-refractivity contribution < 1.29 is 4.42 Å². The van der Waals surface area contributed by atoms with Gasteiger partial charge in [-0.05, 0) is 96.4 Å². The lowest BCUT2D eigenvalue weighted by atomic mass is 9.85. The van der Waals surface area contributed by atoms with E-state index in [4.69, 9.17) is 9.40 Å². The van der Waals surface area contributed by atoms with E-state index in [-0.39, 0.29) is 0 Å². The van der Waals surface area contributed by atoms with Gasteiger partial charge in [0.1, 0.15) is 5.52 Å². The first-order chi connectivity index (χ1) is 24.8. The molecule has 0 spiro atoms. The van der Waals surface area contributed by atoms with E-state index in [1.807, 2.05) is 41.7 Å². The maximum absolute atomic E-state index is 6.57. The van der Waals surface area contributed by atoms with Crippen LogP contribution in [0, 0.1) is 0 Å². The number of rotatable bonds is 3. The molecule has 0 bridgehead atoms. The molecule has 2 aromatic heterocycles. The van der Waals surface area contributed by atoms with Crippen LogP contribution in [-0.2, 0) is 0 Å². The van der Waals surface area contributed by atoms with E-state index < -0.39 is 0 Å². The summed E-state index contributed by atoms with van der Waals surface area (Å²) >= 11 is 1.87. The Morgan fingerprint density at radius 1 is 0.400 bits per heavy atom. The van der Waals surface area contributed by atoms with Crippen LogP contribution in [0.1, 0.15) is 0 Å². The molecule has 11 aromatic rings. The molecule has 2 nitrogen and oxygen atoms in total. The maximum Gasteiger partial charge on any atom is 0.227 e. The highest BCUT2D eigenvalue weighted by Crippen LogP contribution is 2.46. The predicted molar refractivity (Wildman–Crippen MR) is 213 cm³/mol. The van der Waals surface area contributed by atoms with Crippen LogP contribution < -0.4 is 0 Å². The molecule has 9 aromatic carbocycles. The average Bonchev–Trinajstić information content (AvgIpc) is 3.78. The van der Waals surface area contributed by atoms with Crippen LogP contribution in [0.3, 0.4) is 0 Å². The van der Waals surface area contributed by atoms with Gasteiger partial charge in [0.15, 0.2) is 5.58 Å². The summed E-state index contributed by atoms with van der Waals surface area (Å²) in [7, 11) is 0. The number of fused-ring (bicyclic) bond motifs is 10. The molecule has 0 atom stereocenters. The Labute approximate surface area is 291 Å². The summed E-state index contributed by atoms with van der Waals surface area (Å²) in [4.78, 5) is 4.91. The molecule has 0 unspecified atom stereocenters.